The Morgan fingerprint density at radius 2 is 2.25 bits per heavy atom. The third-order valence-corrected chi connectivity index (χ3v) is 2.80. The fourth-order valence-corrected chi connectivity index (χ4v) is 1.94. The van der Waals surface area contributed by atoms with Crippen molar-refractivity contribution in [2.75, 3.05) is 19.6 Å². The molecule has 1 saturated heterocycles. The normalized spacial score (nSPS) is 24.4. The first-order valence-corrected chi connectivity index (χ1v) is 5.87. The Kier molecular flexibility index (Phi) is 4.96. The van der Waals surface area contributed by atoms with E-state index in [9.17, 15) is 4.79 Å². The minimum absolute atomic E-state index is 0.0532. The van der Waals surface area contributed by atoms with Crippen LogP contribution in [0, 0.1) is 0 Å². The highest BCUT2D eigenvalue weighted by Gasteiger charge is 2.32. The molecule has 16 heavy (non-hydrogen) atoms. The number of nitrogens with zero attached hydrogens (tertiary/aromatic N) is 1. The van der Waals surface area contributed by atoms with Gasteiger partial charge in [-0.25, -0.2) is 0 Å². The van der Waals surface area contributed by atoms with Gasteiger partial charge in [-0.15, -0.1) is 0 Å². The average Bonchev–Trinajstić information content (AvgIpc) is 2.73. The predicted octanol–water partition coefficient (Wildman–Crippen LogP) is 0.917. The molecule has 0 aromatic heterocycles. The fraction of sp³-hybridized carbons (Fsp3) is 0.750. The lowest BCUT2D eigenvalue weighted by Crippen LogP contribution is -2.40. The molecule has 0 aromatic rings. The van der Waals surface area contributed by atoms with Gasteiger partial charge in [-0.1, -0.05) is 12.2 Å². The molecule has 2 unspecified atom stereocenters. The number of amides is 1. The summed E-state index contributed by atoms with van der Waals surface area (Å²) < 4.78 is 5.59. The van der Waals surface area contributed by atoms with Crippen LogP contribution in [0.1, 0.15) is 26.7 Å². The van der Waals surface area contributed by atoms with Gasteiger partial charge < -0.3 is 15.4 Å². The number of hydrogen-bond acceptors (Lipinski definition) is 3. The van der Waals surface area contributed by atoms with Crippen LogP contribution in [-0.2, 0) is 9.53 Å². The van der Waals surface area contributed by atoms with Crippen LogP contribution in [-0.4, -0.2) is 42.6 Å². The summed E-state index contributed by atoms with van der Waals surface area (Å²) >= 11 is 0. The maximum absolute atomic E-state index is 12.1. The van der Waals surface area contributed by atoms with E-state index in [2.05, 4.69) is 6.58 Å². The van der Waals surface area contributed by atoms with Crippen molar-refractivity contribution in [2.24, 2.45) is 5.73 Å². The zero-order valence-corrected chi connectivity index (χ0v) is 10.2. The van der Waals surface area contributed by atoms with E-state index in [1.54, 1.807) is 4.90 Å². The van der Waals surface area contributed by atoms with E-state index in [1.165, 1.54) is 0 Å². The topological polar surface area (TPSA) is 55.6 Å². The van der Waals surface area contributed by atoms with Gasteiger partial charge in [0, 0.05) is 19.6 Å². The van der Waals surface area contributed by atoms with Crippen molar-refractivity contribution in [3.8, 4) is 0 Å². The number of carbonyl (C=O) groups is 1. The summed E-state index contributed by atoms with van der Waals surface area (Å²) in [5, 5.41) is 0. The van der Waals surface area contributed by atoms with Gasteiger partial charge in [0.25, 0.3) is 5.91 Å². The molecule has 0 radical (unpaired) electrons. The summed E-state index contributed by atoms with van der Waals surface area (Å²) in [6.45, 7) is 9.52. The van der Waals surface area contributed by atoms with Gasteiger partial charge in [-0.2, -0.15) is 0 Å². The summed E-state index contributed by atoms with van der Waals surface area (Å²) in [7, 11) is 0. The van der Waals surface area contributed by atoms with Crippen LogP contribution >= 0.6 is 0 Å². The quantitative estimate of drug-likeness (QED) is 0.709. The van der Waals surface area contributed by atoms with Crippen LogP contribution in [0.5, 0.6) is 0 Å². The van der Waals surface area contributed by atoms with Crippen LogP contribution < -0.4 is 5.73 Å². The second-order valence-electron chi connectivity index (χ2n) is 4.37. The molecule has 0 saturated carbocycles. The molecule has 92 valence electrons. The lowest BCUT2D eigenvalue weighted by Gasteiger charge is -2.24. The van der Waals surface area contributed by atoms with E-state index >= 15 is 0 Å². The predicted molar refractivity (Wildman–Crippen MR) is 64.0 cm³/mol. The SMILES string of the molecule is C=C(C)CN(CC)C(=O)C1CCC(CN)O1. The minimum atomic E-state index is -0.298. The largest absolute Gasteiger partial charge is 0.364 e. The highest BCUT2D eigenvalue weighted by atomic mass is 16.5. The summed E-state index contributed by atoms with van der Waals surface area (Å²) in [5.41, 5.74) is 6.51. The highest BCUT2D eigenvalue weighted by Crippen LogP contribution is 2.20. The Balaban J connectivity index is 2.52. The third-order valence-electron chi connectivity index (χ3n) is 2.80. The van der Waals surface area contributed by atoms with E-state index in [0.717, 1.165) is 18.4 Å². The molecule has 1 fully saturated rings. The molecule has 0 aromatic carbocycles. The van der Waals surface area contributed by atoms with Gasteiger partial charge in [0.2, 0.25) is 0 Å². The molecule has 0 aliphatic carbocycles. The molecule has 1 amide bonds. The number of likely N-dealkylation sites (N-methyl/N-ethyl adjacent to an activating group) is 1. The number of ether oxygens (including phenoxy) is 1. The zero-order valence-electron chi connectivity index (χ0n) is 10.2. The van der Waals surface area contributed by atoms with Crippen molar-refractivity contribution in [3.63, 3.8) is 0 Å². The first-order chi connectivity index (χ1) is 7.58. The molecular weight excluding hydrogens is 204 g/mol. The molecule has 2 N–H and O–H groups in total. The molecule has 0 spiro atoms. The van der Waals surface area contributed by atoms with E-state index < -0.39 is 0 Å². The third kappa shape index (κ3) is 3.32. The first-order valence-electron chi connectivity index (χ1n) is 5.87. The summed E-state index contributed by atoms with van der Waals surface area (Å²) in [6, 6.07) is 0. The standard InChI is InChI=1S/C12H22N2O2/c1-4-14(8-9(2)3)12(15)11-6-5-10(7-13)16-11/h10-11H,2,4-8,13H2,1,3H3. The molecule has 4 heteroatoms. The van der Waals surface area contributed by atoms with Gasteiger partial charge in [0.05, 0.1) is 6.10 Å². The van der Waals surface area contributed by atoms with Crippen molar-refractivity contribution >= 4 is 5.91 Å². The van der Waals surface area contributed by atoms with Crippen molar-refractivity contribution in [1.29, 1.82) is 0 Å². The van der Waals surface area contributed by atoms with Crippen molar-refractivity contribution in [1.82, 2.24) is 4.90 Å². The monoisotopic (exact) mass is 226 g/mol. The summed E-state index contributed by atoms with van der Waals surface area (Å²) in [5.74, 6) is 0.0708. The summed E-state index contributed by atoms with van der Waals surface area (Å²) in [4.78, 5) is 13.9. The van der Waals surface area contributed by atoms with Gasteiger partial charge >= 0.3 is 0 Å². The van der Waals surface area contributed by atoms with E-state index in [1.807, 2.05) is 13.8 Å². The lowest BCUT2D eigenvalue weighted by molar-refractivity contribution is -0.142. The molecular formula is C12H22N2O2. The molecule has 2 atom stereocenters. The second kappa shape index (κ2) is 6.01. The van der Waals surface area contributed by atoms with Crippen molar-refractivity contribution in [2.45, 2.75) is 38.9 Å². The Morgan fingerprint density at radius 1 is 1.56 bits per heavy atom. The Hall–Kier alpha value is -0.870. The maximum Gasteiger partial charge on any atom is 0.251 e. The van der Waals surface area contributed by atoms with Crippen LogP contribution in [0.3, 0.4) is 0 Å². The highest BCUT2D eigenvalue weighted by molar-refractivity contribution is 5.81. The Bertz CT molecular complexity index is 266. The van der Waals surface area contributed by atoms with Crippen LogP contribution in [0.15, 0.2) is 12.2 Å². The lowest BCUT2D eigenvalue weighted by atomic mass is 10.1. The van der Waals surface area contributed by atoms with Crippen LogP contribution in [0.4, 0.5) is 0 Å². The van der Waals surface area contributed by atoms with E-state index in [4.69, 9.17) is 10.5 Å². The van der Waals surface area contributed by atoms with Crippen molar-refractivity contribution < 1.29 is 9.53 Å². The Labute approximate surface area is 97.4 Å². The van der Waals surface area contributed by atoms with Crippen LogP contribution in [0.25, 0.3) is 0 Å². The van der Waals surface area contributed by atoms with E-state index in [-0.39, 0.29) is 18.1 Å². The molecule has 1 aliphatic heterocycles. The van der Waals surface area contributed by atoms with Crippen molar-refractivity contribution in [3.05, 3.63) is 12.2 Å². The van der Waals surface area contributed by atoms with E-state index in [0.29, 0.717) is 19.6 Å². The molecule has 0 bridgehead atoms. The number of hydrogen-bond donors (Lipinski definition) is 1. The molecule has 4 nitrogen and oxygen atoms in total. The minimum Gasteiger partial charge on any atom is -0.364 e. The molecule has 1 rings (SSSR count). The van der Waals surface area contributed by atoms with Gasteiger partial charge in [0.15, 0.2) is 0 Å². The van der Waals surface area contributed by atoms with Gasteiger partial charge in [-0.3, -0.25) is 4.79 Å². The number of rotatable bonds is 5. The second-order valence-corrected chi connectivity index (χ2v) is 4.37. The first kappa shape index (κ1) is 13.2. The maximum atomic E-state index is 12.1. The number of nitrogens with two attached hydrogens (primary N) is 1. The van der Waals surface area contributed by atoms with Crippen LogP contribution in [0.2, 0.25) is 0 Å². The fourth-order valence-electron chi connectivity index (χ4n) is 1.94. The number of carbonyl (C=O) groups excluding carboxylic acids is 1. The zero-order chi connectivity index (χ0) is 12.1. The Morgan fingerprint density at radius 3 is 2.69 bits per heavy atom. The van der Waals surface area contributed by atoms with Gasteiger partial charge in [-0.05, 0) is 26.7 Å². The van der Waals surface area contributed by atoms with Gasteiger partial charge in [0.1, 0.15) is 6.10 Å². The molecule has 1 aliphatic rings. The average molecular weight is 226 g/mol. The molecule has 1 heterocycles. The summed E-state index contributed by atoms with van der Waals surface area (Å²) in [6.07, 6.45) is 1.43. The smallest absolute Gasteiger partial charge is 0.251 e.